The van der Waals surface area contributed by atoms with E-state index in [1.807, 2.05) is 37.3 Å². The highest BCUT2D eigenvalue weighted by Crippen LogP contribution is 2.33. The summed E-state index contributed by atoms with van der Waals surface area (Å²) in [6.45, 7) is 1.87. The van der Waals surface area contributed by atoms with Crippen LogP contribution in [-0.4, -0.2) is 10.5 Å². The van der Waals surface area contributed by atoms with Crippen LogP contribution in [0, 0.1) is 6.92 Å². The highest BCUT2D eigenvalue weighted by molar-refractivity contribution is 7.84. The first-order chi connectivity index (χ1) is 8.18. The van der Waals surface area contributed by atoms with Gasteiger partial charge >= 0.3 is 0 Å². The molecule has 0 saturated carbocycles. The highest BCUT2D eigenvalue weighted by Gasteiger charge is 2.15. The number of hydrogen-bond donors (Lipinski definition) is 0. The van der Waals surface area contributed by atoms with Crippen LogP contribution in [0.2, 0.25) is 0 Å². The van der Waals surface area contributed by atoms with E-state index in [1.165, 1.54) is 0 Å². The summed E-state index contributed by atoms with van der Waals surface area (Å²) in [6, 6.07) is 12.1. The van der Waals surface area contributed by atoms with E-state index >= 15 is 0 Å². The van der Waals surface area contributed by atoms with Gasteiger partial charge in [-0.2, -0.15) is 0 Å². The summed E-state index contributed by atoms with van der Waals surface area (Å²) in [5.41, 5.74) is 0.839. The molecule has 1 heterocycles. The Hall–Kier alpha value is -1.61. The molecule has 1 aromatic heterocycles. The third-order valence-corrected chi connectivity index (χ3v) is 4.07. The van der Waals surface area contributed by atoms with E-state index in [0.717, 1.165) is 32.4 Å². The van der Waals surface area contributed by atoms with Gasteiger partial charge in [0.2, 0.25) is 0 Å². The number of furan rings is 1. The summed E-state index contributed by atoms with van der Waals surface area (Å²) in [5, 5.41) is 3.18. The maximum Gasteiger partial charge on any atom is 0.143 e. The minimum absolute atomic E-state index is 0.747. The average molecular weight is 244 g/mol. The van der Waals surface area contributed by atoms with Crippen LogP contribution in [0.3, 0.4) is 0 Å². The van der Waals surface area contributed by atoms with Crippen molar-refractivity contribution in [3.8, 4) is 0 Å². The van der Waals surface area contributed by atoms with Gasteiger partial charge in [-0.15, -0.1) is 0 Å². The molecular formula is C14H12O2S. The van der Waals surface area contributed by atoms with Crippen LogP contribution in [0.25, 0.3) is 21.7 Å². The molecule has 0 amide bonds. The Morgan fingerprint density at radius 3 is 2.59 bits per heavy atom. The third-order valence-electron chi connectivity index (χ3n) is 2.99. The monoisotopic (exact) mass is 244 g/mol. The Kier molecular flexibility index (Phi) is 2.30. The van der Waals surface area contributed by atoms with E-state index in [2.05, 4.69) is 6.07 Å². The molecule has 0 fully saturated rings. The molecule has 0 unspecified atom stereocenters. The highest BCUT2D eigenvalue weighted by atomic mass is 32.2. The molecule has 3 rings (SSSR count). The van der Waals surface area contributed by atoms with E-state index < -0.39 is 10.8 Å². The zero-order valence-electron chi connectivity index (χ0n) is 9.69. The molecule has 0 aliphatic carbocycles. The fraction of sp³-hybridized carbons (Fsp3) is 0.143. The second-order valence-electron chi connectivity index (χ2n) is 4.10. The van der Waals surface area contributed by atoms with Gasteiger partial charge in [0.05, 0.1) is 15.7 Å². The van der Waals surface area contributed by atoms with E-state index in [1.54, 1.807) is 6.26 Å². The zero-order chi connectivity index (χ0) is 12.0. The largest absolute Gasteiger partial charge is 0.459 e. The summed E-state index contributed by atoms with van der Waals surface area (Å²) in [6.07, 6.45) is 1.69. The Bertz CT molecular complexity index is 740. The molecule has 0 aliphatic heterocycles. The molecule has 0 saturated heterocycles. The van der Waals surface area contributed by atoms with Crippen LogP contribution in [0.4, 0.5) is 0 Å². The lowest BCUT2D eigenvalue weighted by Gasteiger charge is -1.98. The van der Waals surface area contributed by atoms with Crippen molar-refractivity contribution in [3.63, 3.8) is 0 Å². The molecule has 3 aromatic rings. The van der Waals surface area contributed by atoms with Crippen molar-refractivity contribution in [2.75, 3.05) is 6.26 Å². The van der Waals surface area contributed by atoms with Crippen LogP contribution in [0.15, 0.2) is 45.7 Å². The fourth-order valence-electron chi connectivity index (χ4n) is 2.28. The Morgan fingerprint density at radius 1 is 1.06 bits per heavy atom. The van der Waals surface area contributed by atoms with Gasteiger partial charge in [-0.05, 0) is 18.4 Å². The predicted molar refractivity (Wildman–Crippen MR) is 70.8 cm³/mol. The smallest absolute Gasteiger partial charge is 0.143 e. The molecule has 2 nitrogen and oxygen atoms in total. The quantitative estimate of drug-likeness (QED) is 0.654. The van der Waals surface area contributed by atoms with Gasteiger partial charge in [-0.25, -0.2) is 0 Å². The Labute approximate surface area is 102 Å². The summed E-state index contributed by atoms with van der Waals surface area (Å²) in [5.74, 6) is 0.747. The van der Waals surface area contributed by atoms with Gasteiger partial charge in [0.15, 0.2) is 0 Å². The summed E-state index contributed by atoms with van der Waals surface area (Å²) >= 11 is 0. The molecule has 1 atom stereocenters. The molecule has 0 radical (unpaired) electrons. The minimum atomic E-state index is -1.02. The maximum atomic E-state index is 11.7. The van der Waals surface area contributed by atoms with Crippen molar-refractivity contribution in [2.45, 2.75) is 11.8 Å². The lowest BCUT2D eigenvalue weighted by Crippen LogP contribution is -1.87. The van der Waals surface area contributed by atoms with E-state index in [0.29, 0.717) is 0 Å². The van der Waals surface area contributed by atoms with Gasteiger partial charge in [0.25, 0.3) is 0 Å². The number of aryl methyl sites for hydroxylation is 1. The first kappa shape index (κ1) is 10.5. The topological polar surface area (TPSA) is 30.2 Å². The van der Waals surface area contributed by atoms with Gasteiger partial charge < -0.3 is 4.42 Å². The molecule has 2 aromatic carbocycles. The van der Waals surface area contributed by atoms with Gasteiger partial charge in [-0.1, -0.05) is 30.3 Å². The van der Waals surface area contributed by atoms with Crippen molar-refractivity contribution >= 4 is 32.5 Å². The molecule has 0 N–H and O–H groups in total. The molecule has 86 valence electrons. The lowest BCUT2D eigenvalue weighted by molar-refractivity contribution is 0.569. The molecule has 0 aliphatic rings. The minimum Gasteiger partial charge on any atom is -0.459 e. The molecule has 3 heteroatoms. The van der Waals surface area contributed by atoms with E-state index in [-0.39, 0.29) is 0 Å². The lowest BCUT2D eigenvalue weighted by atomic mass is 10.1. The summed E-state index contributed by atoms with van der Waals surface area (Å²) in [4.78, 5) is 0.811. The van der Waals surface area contributed by atoms with Crippen LogP contribution in [0.1, 0.15) is 5.76 Å². The van der Waals surface area contributed by atoms with Crippen LogP contribution >= 0.6 is 0 Å². The number of hydrogen-bond acceptors (Lipinski definition) is 2. The van der Waals surface area contributed by atoms with Crippen molar-refractivity contribution < 1.29 is 8.63 Å². The van der Waals surface area contributed by atoms with Crippen LogP contribution < -0.4 is 0 Å². The van der Waals surface area contributed by atoms with Crippen LogP contribution in [0.5, 0.6) is 0 Å². The summed E-state index contributed by atoms with van der Waals surface area (Å²) in [7, 11) is -1.02. The standard InChI is InChI=1S/C14H12O2S/c1-9-14(17(2)15)12-8-7-10-5-3-4-6-11(10)13(12)16-9/h3-8H,1-2H3/t17-/m1/s1. The molecule has 0 spiro atoms. The first-order valence-electron chi connectivity index (χ1n) is 5.43. The Morgan fingerprint density at radius 2 is 1.82 bits per heavy atom. The van der Waals surface area contributed by atoms with Gasteiger partial charge in [-0.3, -0.25) is 4.21 Å². The normalized spacial score (nSPS) is 13.3. The van der Waals surface area contributed by atoms with Crippen molar-refractivity contribution in [1.82, 2.24) is 0 Å². The Balaban J connectivity index is 2.53. The van der Waals surface area contributed by atoms with E-state index in [9.17, 15) is 4.21 Å². The van der Waals surface area contributed by atoms with E-state index in [4.69, 9.17) is 4.42 Å². The predicted octanol–water partition coefficient (Wildman–Crippen LogP) is 3.63. The van der Waals surface area contributed by atoms with Crippen LogP contribution in [-0.2, 0) is 10.8 Å². The fourth-order valence-corrected chi connectivity index (χ4v) is 3.20. The average Bonchev–Trinajstić information content (AvgIpc) is 2.65. The number of rotatable bonds is 1. The second-order valence-corrected chi connectivity index (χ2v) is 5.42. The van der Waals surface area contributed by atoms with Crippen molar-refractivity contribution in [3.05, 3.63) is 42.2 Å². The SMILES string of the molecule is Cc1oc2c(ccc3ccccc32)c1[S@@](C)=O. The molecule has 0 bridgehead atoms. The van der Waals surface area contributed by atoms with Crippen molar-refractivity contribution in [2.24, 2.45) is 0 Å². The van der Waals surface area contributed by atoms with Gasteiger partial charge in [0.1, 0.15) is 11.3 Å². The maximum absolute atomic E-state index is 11.7. The second kappa shape index (κ2) is 3.70. The molecular weight excluding hydrogens is 232 g/mol. The zero-order valence-corrected chi connectivity index (χ0v) is 10.5. The first-order valence-corrected chi connectivity index (χ1v) is 6.98. The number of benzene rings is 2. The third kappa shape index (κ3) is 1.50. The number of fused-ring (bicyclic) bond motifs is 3. The molecule has 17 heavy (non-hydrogen) atoms. The summed E-state index contributed by atoms with van der Waals surface area (Å²) < 4.78 is 17.5. The van der Waals surface area contributed by atoms with Gasteiger partial charge in [0, 0.05) is 17.0 Å². The van der Waals surface area contributed by atoms with Crippen molar-refractivity contribution in [1.29, 1.82) is 0 Å².